The first kappa shape index (κ1) is 20.9. The molecule has 0 atom stereocenters. The summed E-state index contributed by atoms with van der Waals surface area (Å²) in [5, 5.41) is 14.5. The van der Waals surface area contributed by atoms with Gasteiger partial charge in [0.2, 0.25) is 9.84 Å². The molecule has 7 nitrogen and oxygen atoms in total. The average Bonchev–Trinajstić information content (AvgIpc) is 2.75. The summed E-state index contributed by atoms with van der Waals surface area (Å²) in [7, 11) is -3.84. The molecule has 1 aliphatic heterocycles. The fraction of sp³-hybridized carbons (Fsp3) is 0.286. The van der Waals surface area contributed by atoms with Gasteiger partial charge in [-0.1, -0.05) is 24.1 Å². The molecule has 0 saturated carbocycles. The largest absolute Gasteiger partial charge is 0.457 e. The van der Waals surface area contributed by atoms with E-state index >= 15 is 0 Å². The fourth-order valence-corrected chi connectivity index (χ4v) is 4.05. The number of carbonyl (C=O) groups excluding carboxylic acids is 1. The first-order chi connectivity index (χ1) is 14.0. The molecule has 0 unspecified atom stereocenters. The van der Waals surface area contributed by atoms with Crippen LogP contribution in [0, 0.1) is 16.6 Å². The van der Waals surface area contributed by atoms with Gasteiger partial charge in [-0.15, -0.1) is 0 Å². The van der Waals surface area contributed by atoms with Crippen LogP contribution < -0.4 is 15.5 Å². The van der Waals surface area contributed by atoms with Gasteiger partial charge < -0.3 is 10.1 Å². The number of amides is 1. The summed E-state index contributed by atoms with van der Waals surface area (Å²) in [5.41, 5.74) is 0.790. The normalized spacial score (nSPS) is 15.6. The number of ether oxygens (including phenoxy) is 1. The molecule has 1 heterocycles. The molecular weight excluding hydrogens is 392 g/mol. The minimum Gasteiger partial charge on any atom is -0.457 e. The van der Waals surface area contributed by atoms with Crippen molar-refractivity contribution in [1.82, 2.24) is 10.8 Å². The second-order valence-corrected chi connectivity index (χ2v) is 8.50. The van der Waals surface area contributed by atoms with Crippen molar-refractivity contribution in [3.8, 4) is 22.7 Å². The maximum absolute atomic E-state index is 12.5. The highest BCUT2D eigenvalue weighted by Gasteiger charge is 2.38. The van der Waals surface area contributed by atoms with E-state index in [0.717, 1.165) is 0 Å². The molecule has 3 rings (SSSR count). The Morgan fingerprint density at radius 1 is 1.07 bits per heavy atom. The SMILES string of the molecule is O=C(NO)C1(CC#CS(=O)(=O)c2ccc(Oc3ccccc3)cc2)CCNCC1. The van der Waals surface area contributed by atoms with Gasteiger partial charge in [0.25, 0.3) is 5.91 Å². The van der Waals surface area contributed by atoms with Gasteiger partial charge >= 0.3 is 0 Å². The van der Waals surface area contributed by atoms with Crippen LogP contribution >= 0.6 is 0 Å². The molecule has 0 aliphatic carbocycles. The minimum absolute atomic E-state index is 0.0511. The summed E-state index contributed by atoms with van der Waals surface area (Å²) in [5.74, 6) is 3.26. The first-order valence-electron chi connectivity index (χ1n) is 9.18. The number of hydrogen-bond donors (Lipinski definition) is 3. The molecule has 0 aromatic heterocycles. The van der Waals surface area contributed by atoms with E-state index < -0.39 is 21.2 Å². The molecule has 2 aromatic rings. The van der Waals surface area contributed by atoms with Crippen LogP contribution in [0.15, 0.2) is 59.5 Å². The van der Waals surface area contributed by atoms with Crippen LogP contribution in [0.4, 0.5) is 0 Å². The van der Waals surface area contributed by atoms with Crippen LogP contribution in [-0.2, 0) is 14.6 Å². The van der Waals surface area contributed by atoms with E-state index in [9.17, 15) is 13.2 Å². The van der Waals surface area contributed by atoms with Gasteiger partial charge in [0.15, 0.2) is 0 Å². The van der Waals surface area contributed by atoms with Crippen molar-refractivity contribution >= 4 is 15.7 Å². The number of para-hydroxylation sites is 1. The lowest BCUT2D eigenvalue weighted by Crippen LogP contribution is -2.46. The zero-order valence-corrected chi connectivity index (χ0v) is 16.5. The van der Waals surface area contributed by atoms with E-state index in [-0.39, 0.29) is 11.3 Å². The van der Waals surface area contributed by atoms with Crippen molar-refractivity contribution in [3.05, 3.63) is 54.6 Å². The van der Waals surface area contributed by atoms with Crippen molar-refractivity contribution < 1.29 is 23.2 Å². The van der Waals surface area contributed by atoms with Gasteiger partial charge in [0, 0.05) is 11.7 Å². The maximum Gasteiger partial charge on any atom is 0.250 e. The van der Waals surface area contributed by atoms with E-state index in [1.807, 2.05) is 18.2 Å². The average molecular weight is 414 g/mol. The number of rotatable bonds is 5. The number of sulfone groups is 1. The Morgan fingerprint density at radius 3 is 2.31 bits per heavy atom. The molecule has 1 aliphatic rings. The molecule has 2 aromatic carbocycles. The highest BCUT2D eigenvalue weighted by atomic mass is 32.2. The molecule has 29 heavy (non-hydrogen) atoms. The van der Waals surface area contributed by atoms with E-state index in [0.29, 0.717) is 37.4 Å². The molecule has 1 amide bonds. The number of hydrogen-bond acceptors (Lipinski definition) is 6. The van der Waals surface area contributed by atoms with E-state index in [4.69, 9.17) is 9.94 Å². The van der Waals surface area contributed by atoms with Crippen molar-refractivity contribution in [3.63, 3.8) is 0 Å². The summed E-state index contributed by atoms with van der Waals surface area (Å²) >= 11 is 0. The molecule has 3 N–H and O–H groups in total. The Kier molecular flexibility index (Phi) is 6.54. The van der Waals surface area contributed by atoms with Crippen LogP contribution in [-0.4, -0.2) is 32.6 Å². The number of piperidine rings is 1. The quantitative estimate of drug-likeness (QED) is 0.301. The summed E-state index contributed by atoms with van der Waals surface area (Å²) in [6.07, 6.45) is 0.995. The molecule has 8 heteroatoms. The number of nitrogens with one attached hydrogen (secondary N) is 2. The lowest BCUT2D eigenvalue weighted by molar-refractivity contribution is -0.141. The second-order valence-electron chi connectivity index (χ2n) is 6.82. The van der Waals surface area contributed by atoms with Gasteiger partial charge in [-0.25, -0.2) is 13.9 Å². The van der Waals surface area contributed by atoms with Crippen molar-refractivity contribution in [2.45, 2.75) is 24.2 Å². The topological polar surface area (TPSA) is 105 Å². The first-order valence-corrected chi connectivity index (χ1v) is 10.7. The fourth-order valence-electron chi connectivity index (χ4n) is 3.18. The Labute approximate surface area is 170 Å². The summed E-state index contributed by atoms with van der Waals surface area (Å²) < 4.78 is 30.7. The molecule has 0 radical (unpaired) electrons. The summed E-state index contributed by atoms with van der Waals surface area (Å²) in [6.45, 7) is 1.20. The van der Waals surface area contributed by atoms with Gasteiger partial charge in [-0.2, -0.15) is 0 Å². The van der Waals surface area contributed by atoms with Crippen molar-refractivity contribution in [2.75, 3.05) is 13.1 Å². The van der Waals surface area contributed by atoms with E-state index in [2.05, 4.69) is 16.5 Å². The summed E-state index contributed by atoms with van der Waals surface area (Å²) in [6, 6.07) is 15.2. The zero-order chi connectivity index (χ0) is 20.7. The van der Waals surface area contributed by atoms with Gasteiger partial charge in [-0.05, 0) is 62.3 Å². The number of carbonyl (C=O) groups is 1. The Hall–Kier alpha value is -2.86. The van der Waals surface area contributed by atoms with E-state index in [1.165, 1.54) is 12.1 Å². The molecule has 0 spiro atoms. The number of hydroxylamine groups is 1. The third-order valence-electron chi connectivity index (χ3n) is 4.89. The Morgan fingerprint density at radius 2 is 1.69 bits per heavy atom. The van der Waals surface area contributed by atoms with Crippen LogP contribution in [0.25, 0.3) is 0 Å². The predicted molar refractivity (Wildman–Crippen MR) is 107 cm³/mol. The summed E-state index contributed by atoms with van der Waals surface area (Å²) in [4.78, 5) is 12.1. The Balaban J connectivity index is 1.72. The van der Waals surface area contributed by atoms with Crippen molar-refractivity contribution in [2.24, 2.45) is 5.41 Å². The third kappa shape index (κ3) is 5.15. The number of benzene rings is 2. The van der Waals surface area contributed by atoms with Gasteiger partial charge in [0.1, 0.15) is 11.5 Å². The molecule has 1 fully saturated rings. The van der Waals surface area contributed by atoms with Crippen LogP contribution in [0.2, 0.25) is 0 Å². The van der Waals surface area contributed by atoms with Crippen molar-refractivity contribution in [1.29, 1.82) is 0 Å². The minimum atomic E-state index is -3.84. The van der Waals surface area contributed by atoms with E-state index in [1.54, 1.807) is 29.7 Å². The maximum atomic E-state index is 12.5. The monoisotopic (exact) mass is 414 g/mol. The second kappa shape index (κ2) is 9.09. The predicted octanol–water partition coefficient (Wildman–Crippen LogP) is 2.48. The third-order valence-corrected chi connectivity index (χ3v) is 6.20. The molecule has 0 bridgehead atoms. The highest BCUT2D eigenvalue weighted by molar-refractivity contribution is 7.96. The highest BCUT2D eigenvalue weighted by Crippen LogP contribution is 2.32. The van der Waals surface area contributed by atoms with Crippen LogP contribution in [0.1, 0.15) is 19.3 Å². The molecule has 1 saturated heterocycles. The smallest absolute Gasteiger partial charge is 0.250 e. The Bertz CT molecular complexity index is 1000. The van der Waals surface area contributed by atoms with Gasteiger partial charge in [0.05, 0.1) is 10.3 Å². The molecular formula is C21H22N2O5S. The van der Waals surface area contributed by atoms with Crippen LogP contribution in [0.3, 0.4) is 0 Å². The van der Waals surface area contributed by atoms with Gasteiger partial charge in [-0.3, -0.25) is 10.0 Å². The lowest BCUT2D eigenvalue weighted by atomic mass is 9.76. The lowest BCUT2D eigenvalue weighted by Gasteiger charge is -2.33. The van der Waals surface area contributed by atoms with Crippen LogP contribution in [0.5, 0.6) is 11.5 Å². The molecule has 152 valence electrons. The zero-order valence-electron chi connectivity index (χ0n) is 15.7. The standard InChI is InChI=1S/C21H22N2O5S/c24-20(23-25)21(12-14-22-15-13-21)11-4-16-29(26,27)19-9-7-18(8-10-19)28-17-5-2-1-3-6-17/h1-3,5-10,22,25H,11-15H2,(H,23,24).